The standard InChI is InChI=1S/C20H20F3N5O2/c1-12-17(11-24-28(12)16-5-3-4-15(10-16)20(21,22)23)19(29)27-8-6-14(7-9-27)18-25-13(2)26-30-18/h3-5,10-11,14H,6-9H2,1-2H3. The lowest BCUT2D eigenvalue weighted by atomic mass is 9.96. The van der Waals surface area contributed by atoms with Crippen LogP contribution in [0.4, 0.5) is 13.2 Å². The minimum atomic E-state index is -4.45. The highest BCUT2D eigenvalue weighted by atomic mass is 19.4. The molecular weight excluding hydrogens is 399 g/mol. The predicted molar refractivity (Wildman–Crippen MR) is 100 cm³/mol. The van der Waals surface area contributed by atoms with Crippen molar-refractivity contribution in [3.05, 3.63) is 59.0 Å². The molecule has 0 saturated carbocycles. The van der Waals surface area contributed by atoms with E-state index in [9.17, 15) is 18.0 Å². The molecule has 30 heavy (non-hydrogen) atoms. The molecule has 1 amide bonds. The molecule has 1 fully saturated rings. The molecule has 0 N–H and O–H groups in total. The van der Waals surface area contributed by atoms with Crippen molar-refractivity contribution in [2.45, 2.75) is 38.8 Å². The lowest BCUT2D eigenvalue weighted by molar-refractivity contribution is -0.137. The normalized spacial score (nSPS) is 15.6. The van der Waals surface area contributed by atoms with Gasteiger partial charge < -0.3 is 9.42 Å². The Morgan fingerprint density at radius 1 is 1.20 bits per heavy atom. The SMILES string of the molecule is Cc1noc(C2CCN(C(=O)c3cnn(-c4cccc(C(F)(F)F)c4)c3C)CC2)n1. The van der Waals surface area contributed by atoms with Gasteiger partial charge in [-0.15, -0.1) is 0 Å². The largest absolute Gasteiger partial charge is 0.416 e. The second kappa shape index (κ2) is 7.58. The molecule has 0 bridgehead atoms. The van der Waals surface area contributed by atoms with Gasteiger partial charge in [0.1, 0.15) is 0 Å². The summed E-state index contributed by atoms with van der Waals surface area (Å²) in [7, 11) is 0. The van der Waals surface area contributed by atoms with E-state index in [1.165, 1.54) is 23.0 Å². The summed E-state index contributed by atoms with van der Waals surface area (Å²) in [6.45, 7) is 4.49. The van der Waals surface area contributed by atoms with Crippen LogP contribution in [0.3, 0.4) is 0 Å². The fourth-order valence-electron chi connectivity index (χ4n) is 3.67. The van der Waals surface area contributed by atoms with Crippen LogP contribution < -0.4 is 0 Å². The maximum absolute atomic E-state index is 13.0. The minimum Gasteiger partial charge on any atom is -0.339 e. The van der Waals surface area contributed by atoms with Gasteiger partial charge in [-0.05, 0) is 44.9 Å². The molecule has 158 valence electrons. The zero-order valence-corrected chi connectivity index (χ0v) is 16.5. The summed E-state index contributed by atoms with van der Waals surface area (Å²) >= 11 is 0. The Morgan fingerprint density at radius 3 is 2.57 bits per heavy atom. The van der Waals surface area contributed by atoms with Crippen molar-refractivity contribution in [1.29, 1.82) is 0 Å². The highest BCUT2D eigenvalue weighted by Gasteiger charge is 2.32. The summed E-state index contributed by atoms with van der Waals surface area (Å²) in [6.07, 6.45) is -1.63. The fourth-order valence-corrected chi connectivity index (χ4v) is 3.67. The number of aromatic nitrogens is 4. The van der Waals surface area contributed by atoms with Gasteiger partial charge in [-0.2, -0.15) is 23.3 Å². The van der Waals surface area contributed by atoms with Crippen molar-refractivity contribution in [1.82, 2.24) is 24.8 Å². The summed E-state index contributed by atoms with van der Waals surface area (Å²) in [6, 6.07) is 4.88. The van der Waals surface area contributed by atoms with Crippen molar-refractivity contribution in [3.63, 3.8) is 0 Å². The summed E-state index contributed by atoms with van der Waals surface area (Å²) in [5.74, 6) is 1.10. The van der Waals surface area contributed by atoms with Crippen LogP contribution in [-0.4, -0.2) is 43.8 Å². The summed E-state index contributed by atoms with van der Waals surface area (Å²) in [5, 5.41) is 7.97. The second-order valence-corrected chi connectivity index (χ2v) is 7.35. The molecule has 0 unspecified atom stereocenters. The Kier molecular flexibility index (Phi) is 5.08. The molecule has 1 aliphatic rings. The Morgan fingerprint density at radius 2 is 1.93 bits per heavy atom. The zero-order valence-electron chi connectivity index (χ0n) is 16.5. The van der Waals surface area contributed by atoms with E-state index >= 15 is 0 Å². The first-order valence-electron chi connectivity index (χ1n) is 9.56. The highest BCUT2D eigenvalue weighted by molar-refractivity contribution is 5.95. The number of halogens is 3. The lowest BCUT2D eigenvalue weighted by Gasteiger charge is -2.30. The maximum atomic E-state index is 13.0. The topological polar surface area (TPSA) is 77.0 Å². The van der Waals surface area contributed by atoms with Crippen LogP contribution in [0.15, 0.2) is 35.0 Å². The van der Waals surface area contributed by atoms with Crippen molar-refractivity contribution in [3.8, 4) is 5.69 Å². The molecule has 10 heteroatoms. The molecular formula is C20H20F3N5O2. The number of rotatable bonds is 3. The molecule has 1 aromatic carbocycles. The number of benzene rings is 1. The van der Waals surface area contributed by atoms with Crippen LogP contribution in [0.2, 0.25) is 0 Å². The zero-order chi connectivity index (χ0) is 21.5. The smallest absolute Gasteiger partial charge is 0.339 e. The van der Waals surface area contributed by atoms with E-state index in [1.807, 2.05) is 0 Å². The number of carbonyl (C=O) groups is 1. The average Bonchev–Trinajstić information content (AvgIpc) is 3.33. The molecule has 3 aromatic rings. The first kappa shape index (κ1) is 20.1. The number of likely N-dealkylation sites (tertiary alicyclic amines) is 1. The number of hydrogen-bond donors (Lipinski definition) is 0. The Labute approximate surface area is 170 Å². The van der Waals surface area contributed by atoms with E-state index in [1.54, 1.807) is 18.7 Å². The van der Waals surface area contributed by atoms with Gasteiger partial charge in [-0.3, -0.25) is 4.79 Å². The number of alkyl halides is 3. The molecule has 7 nitrogen and oxygen atoms in total. The van der Waals surface area contributed by atoms with E-state index in [4.69, 9.17) is 4.52 Å². The Bertz CT molecular complexity index is 1060. The van der Waals surface area contributed by atoms with E-state index in [0.717, 1.165) is 12.1 Å². The van der Waals surface area contributed by atoms with Crippen molar-refractivity contribution in [2.24, 2.45) is 0 Å². The fraction of sp³-hybridized carbons (Fsp3) is 0.400. The number of amides is 1. The van der Waals surface area contributed by atoms with Crippen LogP contribution in [0.5, 0.6) is 0 Å². The van der Waals surface area contributed by atoms with Crippen molar-refractivity contribution < 1.29 is 22.5 Å². The van der Waals surface area contributed by atoms with Gasteiger partial charge in [-0.25, -0.2) is 4.68 Å². The van der Waals surface area contributed by atoms with E-state index < -0.39 is 11.7 Å². The number of nitrogens with zero attached hydrogens (tertiary/aromatic N) is 5. The van der Waals surface area contributed by atoms with E-state index in [2.05, 4.69) is 15.2 Å². The molecule has 0 aliphatic carbocycles. The highest BCUT2D eigenvalue weighted by Crippen LogP contribution is 2.31. The van der Waals surface area contributed by atoms with Crippen LogP contribution in [0, 0.1) is 13.8 Å². The third-order valence-electron chi connectivity index (χ3n) is 5.33. The van der Waals surface area contributed by atoms with Gasteiger partial charge in [0.05, 0.1) is 28.7 Å². The van der Waals surface area contributed by atoms with Crippen LogP contribution in [0.25, 0.3) is 5.69 Å². The monoisotopic (exact) mass is 419 g/mol. The van der Waals surface area contributed by atoms with E-state index in [-0.39, 0.29) is 17.5 Å². The lowest BCUT2D eigenvalue weighted by Crippen LogP contribution is -2.38. The van der Waals surface area contributed by atoms with Crippen LogP contribution in [-0.2, 0) is 6.18 Å². The van der Waals surface area contributed by atoms with Crippen molar-refractivity contribution in [2.75, 3.05) is 13.1 Å². The molecule has 2 aromatic heterocycles. The van der Waals surface area contributed by atoms with Gasteiger partial charge in [-0.1, -0.05) is 11.2 Å². The van der Waals surface area contributed by atoms with Crippen molar-refractivity contribution >= 4 is 5.91 Å². The Hall–Kier alpha value is -3.17. The average molecular weight is 419 g/mol. The number of aryl methyl sites for hydroxylation is 1. The summed E-state index contributed by atoms with van der Waals surface area (Å²) in [4.78, 5) is 19.0. The predicted octanol–water partition coefficient (Wildman–Crippen LogP) is 3.91. The molecule has 4 rings (SSSR count). The first-order valence-corrected chi connectivity index (χ1v) is 9.56. The molecule has 0 radical (unpaired) electrons. The molecule has 1 saturated heterocycles. The van der Waals surface area contributed by atoms with Gasteiger partial charge in [0.25, 0.3) is 5.91 Å². The van der Waals surface area contributed by atoms with E-state index in [0.29, 0.717) is 48.9 Å². The molecule has 0 atom stereocenters. The summed E-state index contributed by atoms with van der Waals surface area (Å²) in [5.41, 5.74) is 0.362. The van der Waals surface area contributed by atoms with Gasteiger partial charge in [0.2, 0.25) is 5.89 Å². The quantitative estimate of drug-likeness (QED) is 0.643. The third kappa shape index (κ3) is 3.81. The molecule has 1 aliphatic heterocycles. The van der Waals surface area contributed by atoms with Gasteiger partial charge in [0.15, 0.2) is 5.82 Å². The van der Waals surface area contributed by atoms with Crippen LogP contribution >= 0.6 is 0 Å². The Balaban J connectivity index is 1.50. The first-order chi connectivity index (χ1) is 14.2. The van der Waals surface area contributed by atoms with Crippen LogP contribution in [0.1, 0.15) is 52.1 Å². The van der Waals surface area contributed by atoms with Gasteiger partial charge >= 0.3 is 6.18 Å². The number of hydrogen-bond acceptors (Lipinski definition) is 5. The molecule has 3 heterocycles. The second-order valence-electron chi connectivity index (χ2n) is 7.35. The maximum Gasteiger partial charge on any atom is 0.416 e. The number of carbonyl (C=O) groups excluding carboxylic acids is 1. The van der Waals surface area contributed by atoms with Gasteiger partial charge in [0, 0.05) is 19.0 Å². The number of piperidine rings is 1. The minimum absolute atomic E-state index is 0.115. The third-order valence-corrected chi connectivity index (χ3v) is 5.33. The molecule has 0 spiro atoms. The summed E-state index contributed by atoms with van der Waals surface area (Å²) < 4.78 is 45.6.